The number of fused-ring (bicyclic) bond motifs is 1. The minimum Gasteiger partial charge on any atom is -0.548 e. The largest absolute Gasteiger partial charge is 0.548 e. The second kappa shape index (κ2) is 9.91. The number of carboxylic acids is 1. The number of carboxylic acid groups (broad SMARTS) is 1. The molecule has 1 saturated carbocycles. The monoisotopic (exact) mass is 416 g/mol. The van der Waals surface area contributed by atoms with Crippen molar-refractivity contribution in [1.29, 1.82) is 0 Å². The van der Waals surface area contributed by atoms with Crippen molar-refractivity contribution >= 4 is 34.5 Å². The summed E-state index contributed by atoms with van der Waals surface area (Å²) in [6.07, 6.45) is 6.87. The third-order valence-electron chi connectivity index (χ3n) is 5.62. The normalized spacial score (nSPS) is 20.3. The number of rotatable bonds is 8. The van der Waals surface area contributed by atoms with E-state index in [0.29, 0.717) is 48.4 Å². The van der Waals surface area contributed by atoms with Gasteiger partial charge in [-0.05, 0) is 62.2 Å². The first-order chi connectivity index (χ1) is 14.0. The van der Waals surface area contributed by atoms with Crippen LogP contribution in [0.3, 0.4) is 0 Å². The molecule has 29 heavy (non-hydrogen) atoms. The van der Waals surface area contributed by atoms with E-state index < -0.39 is 12.0 Å². The second-order valence-electron chi connectivity index (χ2n) is 7.60. The fourth-order valence-electron chi connectivity index (χ4n) is 3.90. The number of benzene rings is 1. The van der Waals surface area contributed by atoms with Crippen molar-refractivity contribution in [2.24, 2.45) is 11.8 Å². The summed E-state index contributed by atoms with van der Waals surface area (Å²) in [7, 11) is 0. The zero-order valence-electron chi connectivity index (χ0n) is 16.5. The van der Waals surface area contributed by atoms with Crippen molar-refractivity contribution in [3.05, 3.63) is 40.9 Å². The zero-order valence-corrected chi connectivity index (χ0v) is 17.3. The summed E-state index contributed by atoms with van der Waals surface area (Å²) in [6.45, 7) is 0.584. The highest BCUT2D eigenvalue weighted by Crippen LogP contribution is 2.30. The molecule has 8 heteroatoms. The summed E-state index contributed by atoms with van der Waals surface area (Å²) >= 11 is 1.54. The molecule has 1 aromatic heterocycles. The molecule has 0 aliphatic heterocycles. The summed E-state index contributed by atoms with van der Waals surface area (Å²) < 4.78 is 1.65. The van der Waals surface area contributed by atoms with Crippen LogP contribution in [-0.4, -0.2) is 39.5 Å². The Kier molecular flexibility index (Phi) is 7.30. The Morgan fingerprint density at radius 1 is 1.28 bits per heavy atom. The van der Waals surface area contributed by atoms with E-state index in [2.05, 4.69) is 10.3 Å². The molecule has 0 bridgehead atoms. The molecule has 1 aromatic carbocycles. The van der Waals surface area contributed by atoms with Crippen molar-refractivity contribution < 1.29 is 14.7 Å². The number of para-hydroxylation sites is 1. The lowest BCUT2D eigenvalue weighted by atomic mass is 9.81. The Morgan fingerprint density at radius 3 is 2.69 bits per heavy atom. The fraction of sp³-hybridized carbons (Fsp3) is 0.524. The quantitative estimate of drug-likeness (QED) is 0.693. The molecule has 0 unspecified atom stereocenters. The first-order valence-corrected chi connectivity index (χ1v) is 11.3. The van der Waals surface area contributed by atoms with Gasteiger partial charge in [0.1, 0.15) is 0 Å². The van der Waals surface area contributed by atoms with E-state index in [9.17, 15) is 19.5 Å². The Morgan fingerprint density at radius 2 is 2.00 bits per heavy atom. The van der Waals surface area contributed by atoms with E-state index >= 15 is 0 Å². The van der Waals surface area contributed by atoms with Gasteiger partial charge in [-0.25, -0.2) is 4.98 Å². The molecule has 2 aromatic rings. The van der Waals surface area contributed by atoms with Crippen LogP contribution < -0.4 is 16.0 Å². The first kappa shape index (κ1) is 21.4. The molecule has 1 atom stereocenters. The van der Waals surface area contributed by atoms with Gasteiger partial charge >= 0.3 is 0 Å². The van der Waals surface area contributed by atoms with Crippen LogP contribution in [0, 0.1) is 11.8 Å². The summed E-state index contributed by atoms with van der Waals surface area (Å²) in [4.78, 5) is 40.7. The smallest absolute Gasteiger partial charge is 0.261 e. The highest BCUT2D eigenvalue weighted by atomic mass is 32.2. The van der Waals surface area contributed by atoms with Crippen LogP contribution in [0.1, 0.15) is 32.1 Å². The van der Waals surface area contributed by atoms with Crippen LogP contribution in [0.5, 0.6) is 0 Å². The Bertz CT molecular complexity index is 922. The van der Waals surface area contributed by atoms with Gasteiger partial charge in [0.05, 0.1) is 29.2 Å². The number of aliphatic carboxylic acids is 1. The maximum atomic E-state index is 12.6. The maximum absolute atomic E-state index is 12.6. The lowest BCUT2D eigenvalue weighted by molar-refractivity contribution is -0.308. The molecule has 1 fully saturated rings. The molecule has 0 radical (unpaired) electrons. The lowest BCUT2D eigenvalue weighted by Crippen LogP contribution is -2.50. The third kappa shape index (κ3) is 5.38. The van der Waals surface area contributed by atoms with Gasteiger partial charge in [0.2, 0.25) is 5.91 Å². The minimum atomic E-state index is -1.23. The number of amides is 1. The molecule has 1 amide bonds. The van der Waals surface area contributed by atoms with Gasteiger partial charge in [-0.1, -0.05) is 12.1 Å². The molecule has 0 saturated heterocycles. The Labute approximate surface area is 173 Å². The average Bonchev–Trinajstić information content (AvgIpc) is 2.73. The van der Waals surface area contributed by atoms with E-state index in [1.165, 1.54) is 11.8 Å². The number of thioether (sulfide) groups is 1. The number of aromatic nitrogens is 2. The molecule has 1 aliphatic carbocycles. The molecule has 7 nitrogen and oxygen atoms in total. The summed E-state index contributed by atoms with van der Waals surface area (Å²) in [5.41, 5.74) is 0.652. The fourth-order valence-corrected chi connectivity index (χ4v) is 4.37. The molecule has 156 valence electrons. The van der Waals surface area contributed by atoms with Gasteiger partial charge in [-0.3, -0.25) is 14.2 Å². The van der Waals surface area contributed by atoms with Gasteiger partial charge in [0, 0.05) is 12.5 Å². The van der Waals surface area contributed by atoms with Gasteiger partial charge in [0.25, 0.3) is 5.56 Å². The SMILES string of the molecule is CSCC[C@H](NC(=O)C1CCC(Cn2cnc3ccccc3c2=O)CC1)C(=O)[O-]. The predicted octanol–water partition coefficient (Wildman–Crippen LogP) is 1.19. The van der Waals surface area contributed by atoms with Crippen LogP contribution in [0.15, 0.2) is 35.4 Å². The molecule has 0 spiro atoms. The predicted molar refractivity (Wildman–Crippen MR) is 111 cm³/mol. The number of hydrogen-bond donors (Lipinski definition) is 1. The van der Waals surface area contributed by atoms with Crippen LogP contribution in [-0.2, 0) is 16.1 Å². The number of carbonyl (C=O) groups is 2. The summed E-state index contributed by atoms with van der Waals surface area (Å²) in [5, 5.41) is 14.5. The van der Waals surface area contributed by atoms with Gasteiger partial charge in [0.15, 0.2) is 0 Å². The van der Waals surface area contributed by atoms with E-state index in [-0.39, 0.29) is 17.4 Å². The van der Waals surface area contributed by atoms with Gasteiger partial charge in [-0.15, -0.1) is 0 Å². The first-order valence-electron chi connectivity index (χ1n) is 9.94. The topological polar surface area (TPSA) is 104 Å². The number of nitrogens with one attached hydrogen (secondary N) is 1. The van der Waals surface area contributed by atoms with E-state index in [0.717, 1.165) is 12.8 Å². The van der Waals surface area contributed by atoms with Gasteiger partial charge < -0.3 is 15.2 Å². The highest BCUT2D eigenvalue weighted by molar-refractivity contribution is 7.98. The van der Waals surface area contributed by atoms with E-state index in [1.54, 1.807) is 17.0 Å². The molecule has 1 N–H and O–H groups in total. The second-order valence-corrected chi connectivity index (χ2v) is 8.58. The summed E-state index contributed by atoms with van der Waals surface area (Å²) in [5.74, 6) is -0.672. The van der Waals surface area contributed by atoms with Gasteiger partial charge in [-0.2, -0.15) is 11.8 Å². The summed E-state index contributed by atoms with van der Waals surface area (Å²) in [6, 6.07) is 6.36. The standard InChI is InChI=1S/C21H27N3O4S/c1-29-11-10-18(21(27)28)23-19(25)15-8-6-14(7-9-15)12-24-13-22-17-5-3-2-4-16(17)20(24)26/h2-5,13-15,18H,6-12H2,1H3,(H,23,25)(H,27,28)/p-1/t14?,15?,18-/m0/s1. The van der Waals surface area contributed by atoms with E-state index in [4.69, 9.17) is 0 Å². The van der Waals surface area contributed by atoms with Crippen molar-refractivity contribution in [3.8, 4) is 0 Å². The molecule has 3 rings (SSSR count). The molecular formula is C21H26N3O4S-. The molecule has 1 aliphatic rings. The number of carbonyl (C=O) groups excluding carboxylic acids is 2. The molecular weight excluding hydrogens is 390 g/mol. The van der Waals surface area contributed by atoms with Crippen LogP contribution >= 0.6 is 11.8 Å². The maximum Gasteiger partial charge on any atom is 0.261 e. The number of hydrogen-bond acceptors (Lipinski definition) is 6. The molecule has 1 heterocycles. The van der Waals surface area contributed by atoms with Crippen molar-refractivity contribution in [3.63, 3.8) is 0 Å². The van der Waals surface area contributed by atoms with E-state index in [1.807, 2.05) is 24.5 Å². The number of nitrogens with zero attached hydrogens (tertiary/aromatic N) is 2. The third-order valence-corrected chi connectivity index (χ3v) is 6.26. The van der Waals surface area contributed by atoms with Crippen molar-refractivity contribution in [2.75, 3.05) is 12.0 Å². The van der Waals surface area contributed by atoms with Crippen molar-refractivity contribution in [1.82, 2.24) is 14.9 Å². The highest BCUT2D eigenvalue weighted by Gasteiger charge is 2.28. The zero-order chi connectivity index (χ0) is 20.8. The van der Waals surface area contributed by atoms with Crippen LogP contribution in [0.2, 0.25) is 0 Å². The van der Waals surface area contributed by atoms with Crippen LogP contribution in [0.4, 0.5) is 0 Å². The Balaban J connectivity index is 1.55. The average molecular weight is 417 g/mol. The minimum absolute atomic E-state index is 0.0407. The van der Waals surface area contributed by atoms with Crippen LogP contribution in [0.25, 0.3) is 10.9 Å². The lowest BCUT2D eigenvalue weighted by Gasteiger charge is -2.29. The van der Waals surface area contributed by atoms with Crippen molar-refractivity contribution in [2.45, 2.75) is 44.7 Å². The Hall–Kier alpha value is -2.35.